The topological polar surface area (TPSA) is 135 Å². The second-order valence-corrected chi connectivity index (χ2v) is 9.72. The van der Waals surface area contributed by atoms with Gasteiger partial charge in [-0.15, -0.1) is 0 Å². The molecule has 0 fully saturated rings. The number of amides is 1. The molecule has 0 bridgehead atoms. The van der Waals surface area contributed by atoms with Crippen LogP contribution >= 0.6 is 11.8 Å². The highest BCUT2D eigenvalue weighted by atomic mass is 32.2. The predicted molar refractivity (Wildman–Crippen MR) is 127 cm³/mol. The lowest BCUT2D eigenvalue weighted by Gasteiger charge is -2.16. The minimum Gasteiger partial charge on any atom is -0.497 e. The molecule has 0 radical (unpaired) electrons. The summed E-state index contributed by atoms with van der Waals surface area (Å²) in [5, 5.41) is 17.3. The van der Waals surface area contributed by atoms with E-state index in [1.54, 1.807) is 19.2 Å². The van der Waals surface area contributed by atoms with Gasteiger partial charge in [0.05, 0.1) is 28.5 Å². The molecule has 3 N–H and O–H groups in total. The molecule has 0 saturated heterocycles. The van der Waals surface area contributed by atoms with E-state index in [1.165, 1.54) is 36.0 Å². The fourth-order valence-electron chi connectivity index (χ4n) is 2.95. The standard InChI is InChI=1S/C23H22N4O4S2/c1-3-21(22(28)26-17-7-11-19(12-8-17)33(25,29)30)32-23-16(14-24)6-13-20(27-23)15-4-9-18(31-2)10-5-15/h4-13,21H,3H2,1-2H3,(H,26,28)(H2,25,29,30). The summed E-state index contributed by atoms with van der Waals surface area (Å²) in [6.45, 7) is 1.86. The number of carbonyl (C=O) groups excluding carboxylic acids is 1. The number of nitrogens with two attached hydrogens (primary N) is 1. The van der Waals surface area contributed by atoms with Crippen LogP contribution in [0.25, 0.3) is 11.3 Å². The van der Waals surface area contributed by atoms with Crippen LogP contribution in [-0.2, 0) is 14.8 Å². The molecule has 0 spiro atoms. The lowest BCUT2D eigenvalue weighted by Crippen LogP contribution is -2.25. The molecule has 0 aliphatic rings. The first-order valence-corrected chi connectivity index (χ1v) is 12.3. The van der Waals surface area contributed by atoms with Crippen LogP contribution in [0.1, 0.15) is 18.9 Å². The monoisotopic (exact) mass is 482 g/mol. The first kappa shape index (κ1) is 24.3. The maximum Gasteiger partial charge on any atom is 0.238 e. The number of primary sulfonamides is 1. The lowest BCUT2D eigenvalue weighted by atomic mass is 10.1. The quantitative estimate of drug-likeness (QED) is 0.466. The van der Waals surface area contributed by atoms with Gasteiger partial charge in [-0.1, -0.05) is 18.7 Å². The summed E-state index contributed by atoms with van der Waals surface area (Å²) in [7, 11) is -2.22. The van der Waals surface area contributed by atoms with Gasteiger partial charge >= 0.3 is 0 Å². The minimum atomic E-state index is -3.81. The number of ether oxygens (including phenoxy) is 1. The maximum atomic E-state index is 12.9. The summed E-state index contributed by atoms with van der Waals surface area (Å²) in [6.07, 6.45) is 0.491. The number of hydrogen-bond donors (Lipinski definition) is 2. The van der Waals surface area contributed by atoms with Gasteiger partial charge in [-0.3, -0.25) is 4.79 Å². The van der Waals surface area contributed by atoms with Crippen molar-refractivity contribution in [1.82, 2.24) is 4.98 Å². The van der Waals surface area contributed by atoms with Crippen LogP contribution in [0.4, 0.5) is 5.69 Å². The highest BCUT2D eigenvalue weighted by molar-refractivity contribution is 8.00. The van der Waals surface area contributed by atoms with Crippen molar-refractivity contribution in [3.63, 3.8) is 0 Å². The molecule has 170 valence electrons. The highest BCUT2D eigenvalue weighted by Gasteiger charge is 2.21. The van der Waals surface area contributed by atoms with Crippen LogP contribution in [-0.4, -0.2) is 31.7 Å². The summed E-state index contributed by atoms with van der Waals surface area (Å²) in [5.74, 6) is 0.438. The number of pyridine rings is 1. The zero-order valence-corrected chi connectivity index (χ0v) is 19.6. The van der Waals surface area contributed by atoms with Gasteiger partial charge in [-0.25, -0.2) is 18.5 Å². The number of hydrogen-bond acceptors (Lipinski definition) is 7. The average molecular weight is 483 g/mol. The molecule has 1 atom stereocenters. The Morgan fingerprint density at radius 3 is 2.36 bits per heavy atom. The second kappa shape index (κ2) is 10.5. The van der Waals surface area contributed by atoms with E-state index in [2.05, 4.69) is 16.4 Å². The van der Waals surface area contributed by atoms with Crippen LogP contribution < -0.4 is 15.2 Å². The molecule has 0 aliphatic carbocycles. The van der Waals surface area contributed by atoms with Crippen molar-refractivity contribution < 1.29 is 17.9 Å². The predicted octanol–water partition coefficient (Wildman–Crippen LogP) is 3.79. The number of methoxy groups -OCH3 is 1. The third kappa shape index (κ3) is 6.10. The zero-order chi connectivity index (χ0) is 24.0. The smallest absolute Gasteiger partial charge is 0.238 e. The number of nitrogens with zero attached hydrogens (tertiary/aromatic N) is 2. The summed E-state index contributed by atoms with van der Waals surface area (Å²) in [5.41, 5.74) is 2.34. The van der Waals surface area contributed by atoms with E-state index in [1.807, 2.05) is 31.2 Å². The molecular formula is C23H22N4O4S2. The highest BCUT2D eigenvalue weighted by Crippen LogP contribution is 2.31. The number of rotatable bonds is 8. The van der Waals surface area contributed by atoms with Crippen molar-refractivity contribution in [3.8, 4) is 23.1 Å². The lowest BCUT2D eigenvalue weighted by molar-refractivity contribution is -0.115. The minimum absolute atomic E-state index is 0.0416. The number of anilines is 1. The largest absolute Gasteiger partial charge is 0.497 e. The summed E-state index contributed by atoms with van der Waals surface area (Å²) in [6, 6.07) is 18.6. The van der Waals surface area contributed by atoms with Crippen LogP contribution in [0.3, 0.4) is 0 Å². The van der Waals surface area contributed by atoms with Crippen molar-refractivity contribution in [1.29, 1.82) is 5.26 Å². The van der Waals surface area contributed by atoms with Gasteiger partial charge in [0.15, 0.2) is 0 Å². The third-order valence-corrected chi connectivity index (χ3v) is 7.03. The van der Waals surface area contributed by atoms with Crippen molar-refractivity contribution in [2.45, 2.75) is 28.5 Å². The van der Waals surface area contributed by atoms with Gasteiger partial charge in [0.1, 0.15) is 16.8 Å². The Kier molecular flexibility index (Phi) is 7.71. The number of carbonyl (C=O) groups is 1. The molecule has 8 nitrogen and oxygen atoms in total. The number of aromatic nitrogens is 1. The molecule has 1 heterocycles. The number of sulfonamides is 1. The molecular weight excluding hydrogens is 460 g/mol. The van der Waals surface area contributed by atoms with Gasteiger partial charge in [-0.05, 0) is 67.1 Å². The number of thioether (sulfide) groups is 1. The van der Waals surface area contributed by atoms with Gasteiger partial charge < -0.3 is 10.1 Å². The second-order valence-electron chi connectivity index (χ2n) is 6.96. The molecule has 2 aromatic carbocycles. The number of nitriles is 1. The normalized spacial score (nSPS) is 11.9. The van der Waals surface area contributed by atoms with Crippen molar-refractivity contribution >= 4 is 33.4 Å². The van der Waals surface area contributed by atoms with Crippen molar-refractivity contribution in [2.24, 2.45) is 5.14 Å². The Labute approximate surface area is 196 Å². The Hall–Kier alpha value is -3.39. The zero-order valence-electron chi connectivity index (χ0n) is 18.0. The van der Waals surface area contributed by atoms with E-state index in [-0.39, 0.29) is 10.8 Å². The SMILES string of the molecule is CCC(Sc1nc(-c2ccc(OC)cc2)ccc1C#N)C(=O)Nc1ccc(S(N)(=O)=O)cc1. The van der Waals surface area contributed by atoms with E-state index in [0.717, 1.165) is 11.3 Å². The van der Waals surface area contributed by atoms with Gasteiger partial charge in [0.25, 0.3) is 0 Å². The molecule has 0 aliphatic heterocycles. The van der Waals surface area contributed by atoms with Crippen molar-refractivity contribution in [2.75, 3.05) is 12.4 Å². The Balaban J connectivity index is 1.80. The maximum absolute atomic E-state index is 12.9. The summed E-state index contributed by atoms with van der Waals surface area (Å²) in [4.78, 5) is 17.4. The van der Waals surface area contributed by atoms with E-state index in [9.17, 15) is 18.5 Å². The summed E-state index contributed by atoms with van der Waals surface area (Å²) < 4.78 is 28.0. The summed E-state index contributed by atoms with van der Waals surface area (Å²) >= 11 is 1.20. The first-order valence-electron chi connectivity index (χ1n) is 9.91. The van der Waals surface area contributed by atoms with Gasteiger partial charge in [0.2, 0.25) is 15.9 Å². The first-order chi connectivity index (χ1) is 15.7. The fraction of sp³-hybridized carbons (Fsp3) is 0.174. The fourth-order valence-corrected chi connectivity index (χ4v) is 4.45. The van der Waals surface area contributed by atoms with Gasteiger partial charge in [0, 0.05) is 11.3 Å². The van der Waals surface area contributed by atoms with Crippen LogP contribution in [0.15, 0.2) is 70.6 Å². The van der Waals surface area contributed by atoms with Crippen LogP contribution in [0.2, 0.25) is 0 Å². The molecule has 3 rings (SSSR count). The van der Waals surface area contributed by atoms with E-state index in [0.29, 0.717) is 28.4 Å². The average Bonchev–Trinajstić information content (AvgIpc) is 2.82. The molecule has 1 aromatic heterocycles. The van der Waals surface area contributed by atoms with E-state index in [4.69, 9.17) is 9.88 Å². The van der Waals surface area contributed by atoms with E-state index < -0.39 is 15.3 Å². The van der Waals surface area contributed by atoms with E-state index >= 15 is 0 Å². The van der Waals surface area contributed by atoms with Crippen LogP contribution in [0, 0.1) is 11.3 Å². The number of nitrogens with one attached hydrogen (secondary N) is 1. The Morgan fingerprint density at radius 2 is 1.82 bits per heavy atom. The molecule has 10 heteroatoms. The third-order valence-electron chi connectivity index (χ3n) is 4.73. The molecule has 1 unspecified atom stereocenters. The van der Waals surface area contributed by atoms with Gasteiger partial charge in [-0.2, -0.15) is 5.26 Å². The molecule has 1 amide bonds. The molecule has 0 saturated carbocycles. The Bertz CT molecular complexity index is 1290. The van der Waals surface area contributed by atoms with Crippen molar-refractivity contribution in [3.05, 3.63) is 66.2 Å². The van der Waals surface area contributed by atoms with Crippen LogP contribution in [0.5, 0.6) is 5.75 Å². The molecule has 3 aromatic rings. The molecule has 33 heavy (non-hydrogen) atoms. The number of benzene rings is 2. The Morgan fingerprint density at radius 1 is 1.15 bits per heavy atom.